The van der Waals surface area contributed by atoms with Crippen molar-refractivity contribution < 1.29 is 4.74 Å². The van der Waals surface area contributed by atoms with Gasteiger partial charge in [-0.3, -0.25) is 4.57 Å². The van der Waals surface area contributed by atoms with Crippen LogP contribution in [0.1, 0.15) is 121 Å². The van der Waals surface area contributed by atoms with Gasteiger partial charge < -0.3 is 4.74 Å². The number of nitrogens with zero attached hydrogens (tertiary/aromatic N) is 4. The second kappa shape index (κ2) is 14.4. The van der Waals surface area contributed by atoms with E-state index in [-0.39, 0.29) is 0 Å². The van der Waals surface area contributed by atoms with Gasteiger partial charge in [-0.15, -0.1) is 0 Å². The van der Waals surface area contributed by atoms with E-state index >= 15 is 0 Å². The smallest absolute Gasteiger partial charge is 0.137 e. The number of fused-ring (bicyclic) bond motifs is 3. The zero-order chi connectivity index (χ0) is 36.8. The third kappa shape index (κ3) is 6.83. The number of allylic oxidation sites excluding steroid dienone is 2. The number of rotatable bonds is 10. The van der Waals surface area contributed by atoms with Gasteiger partial charge in [0.15, 0.2) is 0 Å². The second-order valence-corrected chi connectivity index (χ2v) is 16.6. The van der Waals surface area contributed by atoms with E-state index < -0.39 is 0 Å². The van der Waals surface area contributed by atoms with Gasteiger partial charge >= 0.3 is 0 Å². The van der Waals surface area contributed by atoms with Crippen LogP contribution in [0.2, 0.25) is 0 Å². The highest BCUT2D eigenvalue weighted by Crippen LogP contribution is 2.46. The van der Waals surface area contributed by atoms with Gasteiger partial charge in [0.05, 0.1) is 28.1 Å². The topological polar surface area (TPSA) is 44.9 Å². The molecule has 1 aliphatic rings. The molecule has 7 rings (SSSR count). The van der Waals surface area contributed by atoms with Gasteiger partial charge in [0.25, 0.3) is 0 Å². The van der Waals surface area contributed by atoms with Crippen molar-refractivity contribution in [3.8, 4) is 23.0 Å². The standard InChI is InChI=1S/C47H56N4O/c1-28(2)15-16-35-24-36(51-47(30(5)6)45(46(49-51)29(3)4)44-33(9)21-32(8)22-34(44)10)26-38(25-35)52-37-17-18-40-39-13-11-12-14-41(39)50(42(40)27-37)43-23-31(7)19-20-48-43/h11-14,17-21,23-30,32,34,44H,15-16,22H2,1-10H3/t32-,34-,44?/m0/s1. The third-order valence-corrected chi connectivity index (χ3v) is 11.0. The first-order chi connectivity index (χ1) is 24.9. The maximum absolute atomic E-state index is 6.87. The molecule has 0 spiro atoms. The fourth-order valence-electron chi connectivity index (χ4n) is 8.73. The van der Waals surface area contributed by atoms with Crippen LogP contribution in [-0.2, 0) is 6.42 Å². The first-order valence-electron chi connectivity index (χ1n) is 19.5. The zero-order valence-electron chi connectivity index (χ0n) is 32.9. The maximum atomic E-state index is 6.87. The summed E-state index contributed by atoms with van der Waals surface area (Å²) in [5.41, 5.74) is 11.2. The molecule has 0 fully saturated rings. The van der Waals surface area contributed by atoms with Crippen LogP contribution in [0.5, 0.6) is 11.5 Å². The Morgan fingerprint density at radius 1 is 0.808 bits per heavy atom. The molecule has 3 aromatic carbocycles. The average molecular weight is 693 g/mol. The Morgan fingerprint density at radius 2 is 1.58 bits per heavy atom. The van der Waals surface area contributed by atoms with Gasteiger partial charge in [-0.25, -0.2) is 9.67 Å². The number of pyridine rings is 1. The number of para-hydroxylation sites is 1. The van der Waals surface area contributed by atoms with Crippen LogP contribution in [0.15, 0.2) is 90.6 Å². The Kier molecular flexibility index (Phi) is 9.91. The molecule has 1 aliphatic carbocycles. The van der Waals surface area contributed by atoms with Crippen LogP contribution < -0.4 is 4.74 Å². The molecule has 0 bridgehead atoms. The minimum absolute atomic E-state index is 0.303. The van der Waals surface area contributed by atoms with Crippen molar-refractivity contribution in [2.75, 3.05) is 0 Å². The van der Waals surface area contributed by atoms with Crippen LogP contribution in [0.25, 0.3) is 33.3 Å². The van der Waals surface area contributed by atoms with Crippen molar-refractivity contribution in [2.24, 2.45) is 17.8 Å². The summed E-state index contributed by atoms with van der Waals surface area (Å²) in [6, 6.07) is 26.0. The maximum Gasteiger partial charge on any atom is 0.137 e. The highest BCUT2D eigenvalue weighted by atomic mass is 16.5. The molecule has 3 heterocycles. The Bertz CT molecular complexity index is 2260. The highest BCUT2D eigenvalue weighted by molar-refractivity contribution is 6.09. The largest absolute Gasteiger partial charge is 0.457 e. The summed E-state index contributed by atoms with van der Waals surface area (Å²) in [6.07, 6.45) is 7.68. The molecule has 270 valence electrons. The van der Waals surface area contributed by atoms with E-state index in [9.17, 15) is 0 Å². The fraction of sp³-hybridized carbons (Fsp3) is 0.404. The Morgan fingerprint density at radius 3 is 2.29 bits per heavy atom. The molecule has 0 saturated carbocycles. The summed E-state index contributed by atoms with van der Waals surface area (Å²) < 4.78 is 11.4. The molecule has 0 radical (unpaired) electrons. The molecular weight excluding hydrogens is 637 g/mol. The van der Waals surface area contributed by atoms with Crippen molar-refractivity contribution >= 4 is 21.8 Å². The number of hydrogen-bond acceptors (Lipinski definition) is 3. The highest BCUT2D eigenvalue weighted by Gasteiger charge is 2.35. The zero-order valence-corrected chi connectivity index (χ0v) is 32.9. The average Bonchev–Trinajstić information content (AvgIpc) is 3.64. The van der Waals surface area contributed by atoms with Gasteiger partial charge in [0.1, 0.15) is 17.3 Å². The first-order valence-corrected chi connectivity index (χ1v) is 19.5. The van der Waals surface area contributed by atoms with E-state index in [0.29, 0.717) is 35.5 Å². The predicted octanol–water partition coefficient (Wildman–Crippen LogP) is 13.0. The molecule has 0 N–H and O–H groups in total. The lowest BCUT2D eigenvalue weighted by Crippen LogP contribution is -2.21. The Labute approximate surface area is 310 Å². The van der Waals surface area contributed by atoms with Gasteiger partial charge in [-0.05, 0) is 116 Å². The van der Waals surface area contributed by atoms with Crippen molar-refractivity contribution in [2.45, 2.75) is 106 Å². The quantitative estimate of drug-likeness (QED) is 0.134. The van der Waals surface area contributed by atoms with Crippen LogP contribution in [0.4, 0.5) is 0 Å². The number of ether oxygens (including phenoxy) is 1. The summed E-state index contributed by atoms with van der Waals surface area (Å²) in [7, 11) is 0. The van der Waals surface area contributed by atoms with Crippen LogP contribution in [0.3, 0.4) is 0 Å². The molecule has 1 unspecified atom stereocenters. The second-order valence-electron chi connectivity index (χ2n) is 16.6. The molecule has 52 heavy (non-hydrogen) atoms. The van der Waals surface area contributed by atoms with Gasteiger partial charge in [0, 0.05) is 40.6 Å². The van der Waals surface area contributed by atoms with Gasteiger partial charge in [-0.2, -0.15) is 5.10 Å². The minimum atomic E-state index is 0.303. The molecule has 5 nitrogen and oxygen atoms in total. The molecule has 0 saturated heterocycles. The minimum Gasteiger partial charge on any atom is -0.457 e. The molecule has 0 amide bonds. The lowest BCUT2D eigenvalue weighted by molar-refractivity contribution is 0.388. The molecular formula is C47H56N4O. The molecule has 6 aromatic rings. The normalized spacial score (nSPS) is 17.9. The molecule has 5 heteroatoms. The van der Waals surface area contributed by atoms with Crippen LogP contribution in [0, 0.1) is 24.7 Å². The summed E-state index contributed by atoms with van der Waals surface area (Å²) in [6.45, 7) is 23.1. The van der Waals surface area contributed by atoms with E-state index in [4.69, 9.17) is 14.8 Å². The molecule has 3 aromatic heterocycles. The number of aryl methyl sites for hydroxylation is 2. The predicted molar refractivity (Wildman–Crippen MR) is 218 cm³/mol. The van der Waals surface area contributed by atoms with E-state index in [2.05, 4.69) is 151 Å². The SMILES string of the molecule is CC1=C[C@H](C)C[C@H](C)C1c1c(C(C)C)nn(-c2cc(CCC(C)C)cc(Oc3ccc4c5ccccc5n(-c5cc(C)ccn5)c4c3)c2)c1C(C)C. The Balaban J connectivity index is 1.37. The molecule has 3 atom stereocenters. The van der Waals surface area contributed by atoms with Gasteiger partial charge in [0.2, 0.25) is 0 Å². The lowest BCUT2D eigenvalue weighted by Gasteiger charge is -2.33. The van der Waals surface area contributed by atoms with E-state index in [1.54, 1.807) is 0 Å². The lowest BCUT2D eigenvalue weighted by atomic mass is 9.71. The van der Waals surface area contributed by atoms with Crippen LogP contribution in [-0.4, -0.2) is 19.3 Å². The number of hydrogen-bond donors (Lipinski definition) is 0. The van der Waals surface area contributed by atoms with Crippen molar-refractivity contribution in [1.29, 1.82) is 0 Å². The number of benzene rings is 3. The van der Waals surface area contributed by atoms with E-state index in [1.165, 1.54) is 50.8 Å². The fourth-order valence-corrected chi connectivity index (χ4v) is 8.73. The van der Waals surface area contributed by atoms with Gasteiger partial charge in [-0.1, -0.05) is 85.2 Å². The Hall–Kier alpha value is -4.64. The monoisotopic (exact) mass is 692 g/mol. The summed E-state index contributed by atoms with van der Waals surface area (Å²) in [4.78, 5) is 4.79. The van der Waals surface area contributed by atoms with Crippen molar-refractivity contribution in [3.05, 3.63) is 119 Å². The van der Waals surface area contributed by atoms with Crippen molar-refractivity contribution in [1.82, 2.24) is 19.3 Å². The summed E-state index contributed by atoms with van der Waals surface area (Å²) in [5, 5.41) is 7.87. The summed E-state index contributed by atoms with van der Waals surface area (Å²) in [5.74, 6) is 5.31. The van der Waals surface area contributed by atoms with E-state index in [0.717, 1.165) is 46.9 Å². The third-order valence-electron chi connectivity index (χ3n) is 11.0. The van der Waals surface area contributed by atoms with Crippen LogP contribution >= 0.6 is 0 Å². The number of aromatic nitrogens is 4. The molecule has 0 aliphatic heterocycles. The van der Waals surface area contributed by atoms with E-state index in [1.807, 2.05) is 12.3 Å². The van der Waals surface area contributed by atoms with Crippen molar-refractivity contribution in [3.63, 3.8) is 0 Å². The first kappa shape index (κ1) is 35.7. The summed E-state index contributed by atoms with van der Waals surface area (Å²) >= 11 is 0.